The van der Waals surface area contributed by atoms with E-state index < -0.39 is 0 Å². The number of ether oxygens (including phenoxy) is 1. The lowest BCUT2D eigenvalue weighted by molar-refractivity contribution is 0.182. The van der Waals surface area contributed by atoms with E-state index in [1.165, 1.54) is 19.3 Å². The number of rotatable bonds is 8. The van der Waals surface area contributed by atoms with Crippen LogP contribution in [0.15, 0.2) is 0 Å². The van der Waals surface area contributed by atoms with E-state index in [-0.39, 0.29) is 0 Å². The summed E-state index contributed by atoms with van der Waals surface area (Å²) in [5.74, 6) is 1.49. The van der Waals surface area contributed by atoms with Gasteiger partial charge in [0.2, 0.25) is 0 Å². The third-order valence-electron chi connectivity index (χ3n) is 3.36. The predicted molar refractivity (Wildman–Crippen MR) is 68.7 cm³/mol. The molecule has 1 aliphatic heterocycles. The van der Waals surface area contributed by atoms with Crippen molar-refractivity contribution in [3.63, 3.8) is 0 Å². The highest BCUT2D eigenvalue weighted by atomic mass is 16.5. The van der Waals surface area contributed by atoms with Crippen molar-refractivity contribution < 1.29 is 4.74 Å². The molecule has 3 heteroatoms. The third-order valence-corrected chi connectivity index (χ3v) is 3.36. The van der Waals surface area contributed by atoms with Crippen molar-refractivity contribution in [1.82, 2.24) is 10.6 Å². The first kappa shape index (κ1) is 13.9. The van der Waals surface area contributed by atoms with Crippen LogP contribution in [0.25, 0.3) is 0 Å². The van der Waals surface area contributed by atoms with E-state index in [2.05, 4.69) is 24.5 Å². The van der Waals surface area contributed by atoms with Crippen molar-refractivity contribution in [3.05, 3.63) is 0 Å². The topological polar surface area (TPSA) is 33.3 Å². The molecule has 1 aliphatic rings. The van der Waals surface area contributed by atoms with Crippen LogP contribution in [-0.2, 0) is 4.74 Å². The first-order valence-electron chi connectivity index (χ1n) is 6.69. The monoisotopic (exact) mass is 228 g/mol. The largest absolute Gasteiger partial charge is 0.379 e. The molecule has 0 spiro atoms. The quantitative estimate of drug-likeness (QED) is 0.620. The Kier molecular flexibility index (Phi) is 7.01. The fourth-order valence-corrected chi connectivity index (χ4v) is 2.21. The van der Waals surface area contributed by atoms with Crippen LogP contribution in [0.3, 0.4) is 0 Å². The van der Waals surface area contributed by atoms with E-state index in [1.54, 1.807) is 0 Å². The summed E-state index contributed by atoms with van der Waals surface area (Å²) in [5.41, 5.74) is 0. The van der Waals surface area contributed by atoms with Gasteiger partial charge in [-0.25, -0.2) is 0 Å². The smallest absolute Gasteiger partial charge is 0.0623 e. The number of unbranched alkanes of at least 4 members (excludes halogenated alkanes) is 1. The molecule has 2 N–H and O–H groups in total. The second-order valence-electron chi connectivity index (χ2n) is 5.29. The molecule has 0 amide bonds. The zero-order valence-electron chi connectivity index (χ0n) is 11.1. The maximum absolute atomic E-state index is 5.47. The van der Waals surface area contributed by atoms with Gasteiger partial charge in [0, 0.05) is 18.5 Å². The van der Waals surface area contributed by atoms with Crippen molar-refractivity contribution in [2.24, 2.45) is 11.8 Å². The number of nitrogens with one attached hydrogen (secondary N) is 2. The van der Waals surface area contributed by atoms with Crippen LogP contribution < -0.4 is 10.6 Å². The van der Waals surface area contributed by atoms with Gasteiger partial charge in [0.05, 0.1) is 13.2 Å². The molecule has 96 valence electrons. The summed E-state index contributed by atoms with van der Waals surface area (Å²) >= 11 is 0. The van der Waals surface area contributed by atoms with E-state index in [9.17, 15) is 0 Å². The van der Waals surface area contributed by atoms with Crippen LogP contribution in [0.4, 0.5) is 0 Å². The van der Waals surface area contributed by atoms with Crippen LogP contribution in [0.1, 0.15) is 33.1 Å². The normalized spacial score (nSPS) is 25.5. The Bertz CT molecular complexity index is 173. The Hall–Kier alpha value is -0.120. The summed E-state index contributed by atoms with van der Waals surface area (Å²) in [4.78, 5) is 0. The minimum Gasteiger partial charge on any atom is -0.379 e. The molecular formula is C13H28N2O. The SMILES string of the molecule is CNC1COCC1CNCCCCC(C)C. The van der Waals surface area contributed by atoms with E-state index in [0.717, 1.165) is 32.2 Å². The van der Waals surface area contributed by atoms with Crippen LogP contribution in [0, 0.1) is 11.8 Å². The van der Waals surface area contributed by atoms with Gasteiger partial charge in [-0.3, -0.25) is 0 Å². The average Bonchev–Trinajstić information content (AvgIpc) is 2.70. The fraction of sp³-hybridized carbons (Fsp3) is 1.00. The van der Waals surface area contributed by atoms with Crippen molar-refractivity contribution >= 4 is 0 Å². The van der Waals surface area contributed by atoms with E-state index in [4.69, 9.17) is 4.74 Å². The van der Waals surface area contributed by atoms with Gasteiger partial charge in [-0.2, -0.15) is 0 Å². The summed E-state index contributed by atoms with van der Waals surface area (Å²) < 4.78 is 5.47. The lowest BCUT2D eigenvalue weighted by atomic mass is 10.0. The van der Waals surface area contributed by atoms with Gasteiger partial charge >= 0.3 is 0 Å². The predicted octanol–water partition coefficient (Wildman–Crippen LogP) is 1.64. The Morgan fingerprint density at radius 1 is 1.25 bits per heavy atom. The van der Waals surface area contributed by atoms with Crippen LogP contribution >= 0.6 is 0 Å². The van der Waals surface area contributed by atoms with Gasteiger partial charge in [0.1, 0.15) is 0 Å². The van der Waals surface area contributed by atoms with Crippen LogP contribution in [0.5, 0.6) is 0 Å². The minimum atomic E-state index is 0.545. The molecule has 1 rings (SSSR count). The molecule has 16 heavy (non-hydrogen) atoms. The second kappa shape index (κ2) is 8.04. The molecule has 1 heterocycles. The van der Waals surface area contributed by atoms with Crippen molar-refractivity contribution in [1.29, 1.82) is 0 Å². The maximum Gasteiger partial charge on any atom is 0.0623 e. The van der Waals surface area contributed by atoms with Crippen LogP contribution in [-0.4, -0.2) is 39.4 Å². The van der Waals surface area contributed by atoms with Gasteiger partial charge in [0.25, 0.3) is 0 Å². The molecule has 0 bridgehead atoms. The zero-order valence-corrected chi connectivity index (χ0v) is 11.1. The summed E-state index contributed by atoms with van der Waals surface area (Å²) in [6.45, 7) is 8.61. The highest BCUT2D eigenvalue weighted by molar-refractivity contribution is 4.81. The molecule has 0 saturated carbocycles. The lowest BCUT2D eigenvalue weighted by Crippen LogP contribution is -2.38. The van der Waals surface area contributed by atoms with Crippen LogP contribution in [0.2, 0.25) is 0 Å². The zero-order chi connectivity index (χ0) is 11.8. The molecular weight excluding hydrogens is 200 g/mol. The number of likely N-dealkylation sites (N-methyl/N-ethyl adjacent to an activating group) is 1. The highest BCUT2D eigenvalue weighted by Gasteiger charge is 2.25. The van der Waals surface area contributed by atoms with Gasteiger partial charge < -0.3 is 15.4 Å². The molecule has 0 aromatic carbocycles. The maximum atomic E-state index is 5.47. The second-order valence-corrected chi connectivity index (χ2v) is 5.29. The number of hydrogen-bond acceptors (Lipinski definition) is 3. The molecule has 0 aromatic heterocycles. The third kappa shape index (κ3) is 5.28. The van der Waals surface area contributed by atoms with E-state index in [1.807, 2.05) is 7.05 Å². The van der Waals surface area contributed by atoms with Crippen molar-refractivity contribution in [3.8, 4) is 0 Å². The van der Waals surface area contributed by atoms with Gasteiger partial charge in [-0.1, -0.05) is 26.7 Å². The summed E-state index contributed by atoms with van der Waals surface area (Å²) in [6, 6.07) is 0.545. The summed E-state index contributed by atoms with van der Waals surface area (Å²) in [6.07, 6.45) is 4.00. The van der Waals surface area contributed by atoms with E-state index >= 15 is 0 Å². The molecule has 3 nitrogen and oxygen atoms in total. The molecule has 2 atom stereocenters. The Morgan fingerprint density at radius 2 is 2.06 bits per heavy atom. The molecule has 0 aromatic rings. The first-order chi connectivity index (χ1) is 7.74. The Labute approximate surface area is 100 Å². The van der Waals surface area contributed by atoms with E-state index in [0.29, 0.717) is 12.0 Å². The van der Waals surface area contributed by atoms with Gasteiger partial charge in [-0.15, -0.1) is 0 Å². The standard InChI is InChI=1S/C13H28N2O/c1-11(2)6-4-5-7-15-8-12-9-16-10-13(12)14-3/h11-15H,4-10H2,1-3H3. The highest BCUT2D eigenvalue weighted by Crippen LogP contribution is 2.12. The van der Waals surface area contributed by atoms with Gasteiger partial charge in [0.15, 0.2) is 0 Å². The average molecular weight is 228 g/mol. The summed E-state index contributed by atoms with van der Waals surface area (Å²) in [7, 11) is 2.02. The molecule has 2 unspecified atom stereocenters. The Morgan fingerprint density at radius 3 is 2.75 bits per heavy atom. The summed E-state index contributed by atoms with van der Waals surface area (Å²) in [5, 5.41) is 6.86. The lowest BCUT2D eigenvalue weighted by Gasteiger charge is -2.17. The molecule has 0 aliphatic carbocycles. The molecule has 1 fully saturated rings. The van der Waals surface area contributed by atoms with Crippen molar-refractivity contribution in [2.75, 3.05) is 33.4 Å². The molecule has 0 radical (unpaired) electrons. The minimum absolute atomic E-state index is 0.545. The Balaban J connectivity index is 1.94. The van der Waals surface area contributed by atoms with Crippen molar-refractivity contribution in [2.45, 2.75) is 39.2 Å². The van der Waals surface area contributed by atoms with Gasteiger partial charge in [-0.05, 0) is 25.9 Å². The number of hydrogen-bond donors (Lipinski definition) is 2. The first-order valence-corrected chi connectivity index (χ1v) is 6.69. The fourth-order valence-electron chi connectivity index (χ4n) is 2.21. The molecule has 1 saturated heterocycles.